The Morgan fingerprint density at radius 2 is 2.11 bits per heavy atom. The van der Waals surface area contributed by atoms with E-state index in [9.17, 15) is 4.79 Å². The molecule has 0 aliphatic carbocycles. The third kappa shape index (κ3) is 5.31. The second kappa shape index (κ2) is 7.16. The van der Waals surface area contributed by atoms with Crippen LogP contribution in [0.2, 0.25) is 5.02 Å². The fourth-order valence-corrected chi connectivity index (χ4v) is 1.32. The third-order valence-corrected chi connectivity index (χ3v) is 2.68. The van der Waals surface area contributed by atoms with Crippen molar-refractivity contribution in [2.75, 3.05) is 6.54 Å². The molecule has 0 saturated heterocycles. The SMILES string of the molecule is CC(O)C(N)CNC(=O)C=Cc1ccc(Cl)cc1. The van der Waals surface area contributed by atoms with E-state index in [4.69, 9.17) is 22.4 Å². The first-order valence-electron chi connectivity index (χ1n) is 5.64. The van der Waals surface area contributed by atoms with Crippen molar-refractivity contribution in [2.24, 2.45) is 5.73 Å². The Bertz CT molecular complexity index is 416. The lowest BCUT2D eigenvalue weighted by Crippen LogP contribution is -2.43. The average molecular weight is 269 g/mol. The molecule has 2 unspecified atom stereocenters. The van der Waals surface area contributed by atoms with E-state index in [2.05, 4.69) is 5.32 Å². The Morgan fingerprint density at radius 3 is 2.67 bits per heavy atom. The number of hydrogen-bond acceptors (Lipinski definition) is 3. The van der Waals surface area contributed by atoms with Gasteiger partial charge >= 0.3 is 0 Å². The third-order valence-electron chi connectivity index (χ3n) is 2.43. The number of nitrogens with two attached hydrogens (primary N) is 1. The van der Waals surface area contributed by atoms with Crippen molar-refractivity contribution in [3.8, 4) is 0 Å². The fraction of sp³-hybridized carbons (Fsp3) is 0.308. The maximum absolute atomic E-state index is 11.4. The molecule has 5 heteroatoms. The van der Waals surface area contributed by atoms with Gasteiger partial charge in [-0.25, -0.2) is 0 Å². The molecule has 1 aromatic carbocycles. The Balaban J connectivity index is 2.42. The van der Waals surface area contributed by atoms with Gasteiger partial charge in [-0.05, 0) is 30.7 Å². The Labute approximate surface area is 111 Å². The molecule has 0 saturated carbocycles. The molecule has 0 aliphatic heterocycles. The number of amides is 1. The zero-order valence-electron chi connectivity index (χ0n) is 10.1. The van der Waals surface area contributed by atoms with Gasteiger partial charge < -0.3 is 16.2 Å². The van der Waals surface area contributed by atoms with E-state index < -0.39 is 12.1 Å². The molecule has 0 spiro atoms. The number of aliphatic hydroxyl groups excluding tert-OH is 1. The summed E-state index contributed by atoms with van der Waals surface area (Å²) >= 11 is 5.75. The number of rotatable bonds is 5. The Kier molecular flexibility index (Phi) is 5.85. The van der Waals surface area contributed by atoms with Crippen molar-refractivity contribution in [1.82, 2.24) is 5.32 Å². The predicted octanol–water partition coefficient (Wildman–Crippen LogP) is 1.18. The fourth-order valence-electron chi connectivity index (χ4n) is 1.19. The summed E-state index contributed by atoms with van der Waals surface area (Å²) in [6, 6.07) is 6.67. The van der Waals surface area contributed by atoms with Crippen LogP contribution in [-0.4, -0.2) is 29.7 Å². The summed E-state index contributed by atoms with van der Waals surface area (Å²) in [7, 11) is 0. The van der Waals surface area contributed by atoms with Gasteiger partial charge in [0.15, 0.2) is 0 Å². The van der Waals surface area contributed by atoms with Crippen molar-refractivity contribution in [1.29, 1.82) is 0 Å². The summed E-state index contributed by atoms with van der Waals surface area (Å²) < 4.78 is 0. The van der Waals surface area contributed by atoms with Gasteiger partial charge in [-0.2, -0.15) is 0 Å². The zero-order valence-corrected chi connectivity index (χ0v) is 10.9. The summed E-state index contributed by atoms with van der Waals surface area (Å²) in [5, 5.41) is 12.4. The first kappa shape index (κ1) is 14.7. The summed E-state index contributed by atoms with van der Waals surface area (Å²) in [5.74, 6) is -0.249. The van der Waals surface area contributed by atoms with E-state index in [0.29, 0.717) is 5.02 Å². The van der Waals surface area contributed by atoms with Gasteiger partial charge in [-0.3, -0.25) is 4.79 Å². The smallest absolute Gasteiger partial charge is 0.244 e. The molecule has 0 fully saturated rings. The number of carbonyl (C=O) groups excluding carboxylic acids is 1. The minimum Gasteiger partial charge on any atom is -0.392 e. The van der Waals surface area contributed by atoms with E-state index in [1.807, 2.05) is 12.1 Å². The Morgan fingerprint density at radius 1 is 1.50 bits per heavy atom. The van der Waals surface area contributed by atoms with Crippen molar-refractivity contribution in [2.45, 2.75) is 19.1 Å². The minimum absolute atomic E-state index is 0.238. The normalized spacial score (nSPS) is 14.4. The van der Waals surface area contributed by atoms with Gasteiger partial charge in [0.25, 0.3) is 0 Å². The number of carbonyl (C=O) groups is 1. The van der Waals surface area contributed by atoms with E-state index in [0.717, 1.165) is 5.56 Å². The lowest BCUT2D eigenvalue weighted by atomic mass is 10.2. The molecule has 1 rings (SSSR count). The van der Waals surface area contributed by atoms with E-state index in [1.54, 1.807) is 25.1 Å². The molecule has 0 aliphatic rings. The van der Waals surface area contributed by atoms with Crippen LogP contribution >= 0.6 is 11.6 Å². The number of benzene rings is 1. The maximum atomic E-state index is 11.4. The van der Waals surface area contributed by atoms with Crippen LogP contribution in [0, 0.1) is 0 Å². The van der Waals surface area contributed by atoms with Crippen molar-refractivity contribution >= 4 is 23.6 Å². The molecule has 4 N–H and O–H groups in total. The topological polar surface area (TPSA) is 75.3 Å². The molecular formula is C13H17ClN2O2. The zero-order chi connectivity index (χ0) is 13.5. The number of nitrogens with one attached hydrogen (secondary N) is 1. The molecular weight excluding hydrogens is 252 g/mol. The molecule has 0 heterocycles. The number of halogens is 1. The van der Waals surface area contributed by atoms with Gasteiger partial charge in [-0.15, -0.1) is 0 Å². The first-order chi connectivity index (χ1) is 8.49. The molecule has 4 nitrogen and oxygen atoms in total. The second-order valence-electron chi connectivity index (χ2n) is 4.03. The number of hydrogen-bond donors (Lipinski definition) is 3. The largest absolute Gasteiger partial charge is 0.392 e. The highest BCUT2D eigenvalue weighted by Crippen LogP contribution is 2.10. The van der Waals surface area contributed by atoms with Gasteiger partial charge in [0.05, 0.1) is 6.10 Å². The summed E-state index contributed by atoms with van der Waals surface area (Å²) in [6.45, 7) is 1.82. The minimum atomic E-state index is -0.648. The monoisotopic (exact) mass is 268 g/mol. The molecule has 1 aromatic rings. The molecule has 0 radical (unpaired) electrons. The molecule has 2 atom stereocenters. The van der Waals surface area contributed by atoms with Crippen LogP contribution in [0.3, 0.4) is 0 Å². The molecule has 18 heavy (non-hydrogen) atoms. The molecule has 0 aromatic heterocycles. The first-order valence-corrected chi connectivity index (χ1v) is 6.02. The molecule has 0 bridgehead atoms. The van der Waals surface area contributed by atoms with Crippen LogP contribution in [0.1, 0.15) is 12.5 Å². The van der Waals surface area contributed by atoms with Crippen LogP contribution in [0.4, 0.5) is 0 Å². The van der Waals surface area contributed by atoms with Crippen LogP contribution in [0.5, 0.6) is 0 Å². The van der Waals surface area contributed by atoms with Crippen molar-refractivity contribution in [3.63, 3.8) is 0 Å². The van der Waals surface area contributed by atoms with Crippen LogP contribution < -0.4 is 11.1 Å². The highest BCUT2D eigenvalue weighted by atomic mass is 35.5. The summed E-state index contributed by atoms with van der Waals surface area (Å²) in [4.78, 5) is 11.4. The van der Waals surface area contributed by atoms with Crippen LogP contribution in [0.25, 0.3) is 6.08 Å². The number of aliphatic hydroxyl groups is 1. The van der Waals surface area contributed by atoms with Crippen LogP contribution in [-0.2, 0) is 4.79 Å². The van der Waals surface area contributed by atoms with E-state index in [-0.39, 0.29) is 12.5 Å². The predicted molar refractivity (Wildman–Crippen MR) is 73.2 cm³/mol. The lowest BCUT2D eigenvalue weighted by Gasteiger charge is -2.14. The maximum Gasteiger partial charge on any atom is 0.244 e. The molecule has 98 valence electrons. The summed E-state index contributed by atoms with van der Waals surface area (Å²) in [5.41, 5.74) is 6.47. The van der Waals surface area contributed by atoms with E-state index >= 15 is 0 Å². The standard InChI is InChI=1S/C13H17ClN2O2/c1-9(17)12(15)8-16-13(18)7-4-10-2-5-11(14)6-3-10/h2-7,9,12,17H,8,15H2,1H3,(H,16,18). The second-order valence-corrected chi connectivity index (χ2v) is 4.47. The Hall–Kier alpha value is -1.36. The quantitative estimate of drug-likeness (QED) is 0.702. The summed E-state index contributed by atoms with van der Waals surface area (Å²) in [6.07, 6.45) is 2.45. The van der Waals surface area contributed by atoms with Crippen molar-refractivity contribution < 1.29 is 9.90 Å². The van der Waals surface area contributed by atoms with Gasteiger partial charge in [0.2, 0.25) is 5.91 Å². The van der Waals surface area contributed by atoms with Crippen LogP contribution in [0.15, 0.2) is 30.3 Å². The van der Waals surface area contributed by atoms with Gasteiger partial charge in [0.1, 0.15) is 0 Å². The van der Waals surface area contributed by atoms with Gasteiger partial charge in [0, 0.05) is 23.7 Å². The lowest BCUT2D eigenvalue weighted by molar-refractivity contribution is -0.116. The average Bonchev–Trinajstić information content (AvgIpc) is 2.35. The highest BCUT2D eigenvalue weighted by molar-refractivity contribution is 6.30. The van der Waals surface area contributed by atoms with E-state index in [1.165, 1.54) is 6.08 Å². The molecule has 1 amide bonds. The van der Waals surface area contributed by atoms with Gasteiger partial charge in [-0.1, -0.05) is 23.7 Å². The van der Waals surface area contributed by atoms with Crippen molar-refractivity contribution in [3.05, 3.63) is 40.9 Å². The highest BCUT2D eigenvalue weighted by Gasteiger charge is 2.09.